The summed E-state index contributed by atoms with van der Waals surface area (Å²) in [5, 5.41) is 0. The first-order valence-corrected chi connectivity index (χ1v) is 6.67. The van der Waals surface area contributed by atoms with Crippen molar-refractivity contribution in [3.05, 3.63) is 69.6 Å². The second kappa shape index (κ2) is 6.74. The van der Waals surface area contributed by atoms with E-state index in [1.165, 1.54) is 11.8 Å². The van der Waals surface area contributed by atoms with E-state index in [1.807, 2.05) is 30.3 Å². The van der Waals surface area contributed by atoms with Gasteiger partial charge in [-0.3, -0.25) is 9.59 Å². The molecule has 0 aliphatic rings. The Morgan fingerprint density at radius 3 is 2.62 bits per heavy atom. The van der Waals surface area contributed by atoms with Crippen molar-refractivity contribution in [3.8, 4) is 0 Å². The van der Waals surface area contributed by atoms with Crippen LogP contribution in [-0.4, -0.2) is 17.8 Å². The number of aromatic nitrogens is 1. The van der Waals surface area contributed by atoms with Crippen LogP contribution in [0.5, 0.6) is 0 Å². The Bertz CT molecular complexity index is 678. The van der Waals surface area contributed by atoms with Gasteiger partial charge in [0.25, 0.3) is 5.56 Å². The maximum atomic E-state index is 12.4. The highest BCUT2D eigenvalue weighted by Gasteiger charge is 2.12. The number of hydrogen-bond donors (Lipinski definition) is 1. The molecule has 0 aliphatic heterocycles. The number of carbonyl (C=O) groups is 1. The number of nitrogens with one attached hydrogen (secondary N) is 1. The van der Waals surface area contributed by atoms with E-state index in [9.17, 15) is 9.59 Å². The Morgan fingerprint density at radius 1 is 1.24 bits per heavy atom. The number of esters is 1. The van der Waals surface area contributed by atoms with Gasteiger partial charge >= 0.3 is 5.97 Å². The van der Waals surface area contributed by atoms with E-state index in [0.29, 0.717) is 12.1 Å². The lowest BCUT2D eigenvalue weighted by atomic mass is 10.1. The highest BCUT2D eigenvalue weighted by molar-refractivity contribution is 5.72. The van der Waals surface area contributed by atoms with Crippen LogP contribution in [0.25, 0.3) is 0 Å². The van der Waals surface area contributed by atoms with E-state index < -0.39 is 5.97 Å². The topological polar surface area (TPSA) is 60.3 Å². The van der Waals surface area contributed by atoms with Crippen LogP contribution in [0.2, 0.25) is 0 Å². The Hall–Kier alpha value is -2.56. The molecule has 110 valence electrons. The van der Waals surface area contributed by atoms with Crippen LogP contribution in [0, 0.1) is 6.92 Å². The molecular formula is C16H18N2O3. The van der Waals surface area contributed by atoms with Gasteiger partial charge in [0.15, 0.2) is 0 Å². The van der Waals surface area contributed by atoms with Crippen LogP contribution >= 0.6 is 0 Å². The van der Waals surface area contributed by atoms with Crippen LogP contribution in [0.1, 0.15) is 16.7 Å². The van der Waals surface area contributed by atoms with Crippen molar-refractivity contribution in [2.45, 2.75) is 19.9 Å². The van der Waals surface area contributed by atoms with Gasteiger partial charge in [-0.15, -0.1) is 0 Å². The van der Waals surface area contributed by atoms with E-state index in [1.54, 1.807) is 19.2 Å². The fourth-order valence-electron chi connectivity index (χ4n) is 2.00. The van der Waals surface area contributed by atoms with Gasteiger partial charge < -0.3 is 10.2 Å². The molecule has 0 aliphatic carbocycles. The van der Waals surface area contributed by atoms with Gasteiger partial charge in [0.2, 0.25) is 0 Å². The number of benzene rings is 1. The lowest BCUT2D eigenvalue weighted by Crippen LogP contribution is -2.32. The molecular weight excluding hydrogens is 268 g/mol. The Labute approximate surface area is 123 Å². The molecule has 2 aromatic rings. The standard InChI is InChI=1S/C16H18N2O3/c1-12-8-9-18(16(20)14(12)10-15(19)21-2)17-11-13-6-4-3-5-7-13/h3-9,17H,10-11H2,1-2H3. The van der Waals surface area contributed by atoms with Crippen molar-refractivity contribution in [3.63, 3.8) is 0 Å². The first-order chi connectivity index (χ1) is 10.1. The average molecular weight is 286 g/mol. The van der Waals surface area contributed by atoms with Crippen LogP contribution in [0.4, 0.5) is 0 Å². The molecule has 0 radical (unpaired) electrons. The zero-order chi connectivity index (χ0) is 15.2. The van der Waals surface area contributed by atoms with Crippen LogP contribution in [0.3, 0.4) is 0 Å². The number of rotatable bonds is 5. The van der Waals surface area contributed by atoms with E-state index in [4.69, 9.17) is 0 Å². The molecule has 0 saturated carbocycles. The fourth-order valence-corrected chi connectivity index (χ4v) is 2.00. The number of hydrogen-bond acceptors (Lipinski definition) is 4. The summed E-state index contributed by atoms with van der Waals surface area (Å²) < 4.78 is 6.03. The summed E-state index contributed by atoms with van der Waals surface area (Å²) in [6.45, 7) is 2.34. The van der Waals surface area contributed by atoms with Crippen molar-refractivity contribution >= 4 is 5.97 Å². The first-order valence-electron chi connectivity index (χ1n) is 6.67. The molecule has 5 heteroatoms. The largest absolute Gasteiger partial charge is 0.469 e. The van der Waals surface area contributed by atoms with Crippen LogP contribution < -0.4 is 11.0 Å². The average Bonchev–Trinajstić information content (AvgIpc) is 2.51. The van der Waals surface area contributed by atoms with Gasteiger partial charge in [0.05, 0.1) is 20.1 Å². The van der Waals surface area contributed by atoms with Gasteiger partial charge in [0.1, 0.15) is 0 Å². The molecule has 0 fully saturated rings. The molecule has 2 rings (SSSR count). The smallest absolute Gasteiger partial charge is 0.310 e. The van der Waals surface area contributed by atoms with Gasteiger partial charge in [-0.05, 0) is 24.1 Å². The summed E-state index contributed by atoms with van der Waals surface area (Å²) in [4.78, 5) is 23.7. The van der Waals surface area contributed by atoms with E-state index >= 15 is 0 Å². The Balaban J connectivity index is 2.19. The summed E-state index contributed by atoms with van der Waals surface area (Å²) in [6.07, 6.45) is 1.65. The van der Waals surface area contributed by atoms with Crippen molar-refractivity contribution < 1.29 is 9.53 Å². The number of nitrogens with zero attached hydrogens (tertiary/aromatic N) is 1. The normalized spacial score (nSPS) is 10.2. The van der Waals surface area contributed by atoms with Crippen LogP contribution in [0.15, 0.2) is 47.4 Å². The number of aryl methyl sites for hydroxylation is 1. The van der Waals surface area contributed by atoms with Crippen molar-refractivity contribution in [2.24, 2.45) is 0 Å². The molecule has 1 aromatic heterocycles. The molecule has 0 spiro atoms. The maximum absolute atomic E-state index is 12.4. The Kier molecular flexibility index (Phi) is 4.77. The van der Waals surface area contributed by atoms with Gasteiger partial charge in [-0.2, -0.15) is 0 Å². The van der Waals surface area contributed by atoms with Crippen molar-refractivity contribution in [1.29, 1.82) is 0 Å². The van der Waals surface area contributed by atoms with Crippen LogP contribution in [-0.2, 0) is 22.5 Å². The molecule has 0 unspecified atom stereocenters. The highest BCUT2D eigenvalue weighted by Crippen LogP contribution is 2.04. The lowest BCUT2D eigenvalue weighted by Gasteiger charge is -2.12. The van der Waals surface area contributed by atoms with Gasteiger partial charge in [-0.25, -0.2) is 4.68 Å². The number of ether oxygens (including phenoxy) is 1. The first kappa shape index (κ1) is 14.8. The Morgan fingerprint density at radius 2 is 1.95 bits per heavy atom. The second-order valence-electron chi connectivity index (χ2n) is 4.73. The van der Waals surface area contributed by atoms with Crippen molar-refractivity contribution in [1.82, 2.24) is 4.68 Å². The van der Waals surface area contributed by atoms with E-state index in [2.05, 4.69) is 10.2 Å². The number of methoxy groups -OCH3 is 1. The number of pyridine rings is 1. The quantitative estimate of drug-likeness (QED) is 0.848. The maximum Gasteiger partial charge on any atom is 0.310 e. The minimum Gasteiger partial charge on any atom is -0.469 e. The minimum absolute atomic E-state index is 0.0188. The summed E-state index contributed by atoms with van der Waals surface area (Å²) in [7, 11) is 1.31. The molecule has 1 N–H and O–H groups in total. The fraction of sp³-hybridized carbons (Fsp3) is 0.250. The predicted molar refractivity (Wildman–Crippen MR) is 80.7 cm³/mol. The summed E-state index contributed by atoms with van der Waals surface area (Å²) in [5.41, 5.74) is 5.11. The lowest BCUT2D eigenvalue weighted by molar-refractivity contribution is -0.139. The SMILES string of the molecule is COC(=O)Cc1c(C)ccn(NCc2ccccc2)c1=O. The molecule has 0 atom stereocenters. The third-order valence-corrected chi connectivity index (χ3v) is 3.27. The van der Waals surface area contributed by atoms with Gasteiger partial charge in [-0.1, -0.05) is 30.3 Å². The van der Waals surface area contributed by atoms with Crippen molar-refractivity contribution in [2.75, 3.05) is 12.5 Å². The summed E-state index contributed by atoms with van der Waals surface area (Å²) in [6, 6.07) is 11.6. The molecule has 1 aromatic carbocycles. The van der Waals surface area contributed by atoms with Gasteiger partial charge in [0, 0.05) is 11.8 Å². The number of carbonyl (C=O) groups excluding carboxylic acids is 1. The van der Waals surface area contributed by atoms with E-state index in [0.717, 1.165) is 11.1 Å². The highest BCUT2D eigenvalue weighted by atomic mass is 16.5. The second-order valence-corrected chi connectivity index (χ2v) is 4.73. The molecule has 21 heavy (non-hydrogen) atoms. The molecule has 0 amide bonds. The molecule has 1 heterocycles. The zero-order valence-electron chi connectivity index (χ0n) is 12.1. The molecule has 0 saturated heterocycles. The molecule has 0 bridgehead atoms. The third kappa shape index (κ3) is 3.72. The third-order valence-electron chi connectivity index (χ3n) is 3.27. The zero-order valence-corrected chi connectivity index (χ0v) is 12.1. The monoisotopic (exact) mass is 286 g/mol. The predicted octanol–water partition coefficient (Wildman–Crippen LogP) is 1.62. The van der Waals surface area contributed by atoms with E-state index in [-0.39, 0.29) is 12.0 Å². The minimum atomic E-state index is -0.420. The molecule has 5 nitrogen and oxygen atoms in total. The summed E-state index contributed by atoms with van der Waals surface area (Å²) >= 11 is 0. The summed E-state index contributed by atoms with van der Waals surface area (Å²) in [5.74, 6) is -0.420.